The van der Waals surface area contributed by atoms with E-state index in [0.29, 0.717) is 0 Å². The van der Waals surface area contributed by atoms with Gasteiger partial charge in [-0.3, -0.25) is 4.79 Å². The minimum Gasteiger partial charge on any atom is -0.497 e. The van der Waals surface area contributed by atoms with Gasteiger partial charge in [-0.1, -0.05) is 0 Å². The molecule has 0 bridgehead atoms. The molecule has 22 heavy (non-hydrogen) atoms. The number of amides is 1. The molecule has 118 valence electrons. The minimum atomic E-state index is -0.180. The molecule has 2 N–H and O–H groups in total. The lowest BCUT2D eigenvalue weighted by atomic mass is 9.85. The fourth-order valence-corrected chi connectivity index (χ4v) is 3.22. The number of aromatic amines is 1. The molecule has 1 unspecified atom stereocenters. The van der Waals surface area contributed by atoms with Crippen molar-refractivity contribution in [3.05, 3.63) is 29.5 Å². The number of rotatable bonds is 2. The van der Waals surface area contributed by atoms with Gasteiger partial charge in [0.15, 0.2) is 0 Å². The number of ether oxygens (including phenoxy) is 1. The second-order valence-electron chi connectivity index (χ2n) is 7.17. The molecule has 1 aromatic heterocycles. The van der Waals surface area contributed by atoms with Crippen LogP contribution in [0.2, 0.25) is 0 Å². The van der Waals surface area contributed by atoms with E-state index < -0.39 is 0 Å². The lowest BCUT2D eigenvalue weighted by molar-refractivity contribution is -0.126. The number of hydrogen-bond donors (Lipinski definition) is 2. The van der Waals surface area contributed by atoms with Gasteiger partial charge < -0.3 is 15.0 Å². The van der Waals surface area contributed by atoms with E-state index in [-0.39, 0.29) is 17.4 Å². The first-order valence-electron chi connectivity index (χ1n) is 7.87. The highest BCUT2D eigenvalue weighted by molar-refractivity contribution is 5.88. The summed E-state index contributed by atoms with van der Waals surface area (Å²) in [7, 11) is 1.68. The molecule has 3 rings (SSSR count). The summed E-state index contributed by atoms with van der Waals surface area (Å²) in [5, 5.41) is 4.29. The Morgan fingerprint density at radius 2 is 2.14 bits per heavy atom. The summed E-state index contributed by atoms with van der Waals surface area (Å²) in [6.07, 6.45) is 2.62. The van der Waals surface area contributed by atoms with Gasteiger partial charge in [-0.2, -0.15) is 0 Å². The van der Waals surface area contributed by atoms with Gasteiger partial charge >= 0.3 is 0 Å². The van der Waals surface area contributed by atoms with E-state index in [4.69, 9.17) is 4.74 Å². The first-order valence-corrected chi connectivity index (χ1v) is 7.87. The first kappa shape index (κ1) is 14.9. The lowest BCUT2D eigenvalue weighted by Crippen LogP contribution is -2.45. The number of fused-ring (bicyclic) bond motifs is 3. The number of aromatic nitrogens is 1. The molecule has 0 saturated carbocycles. The molecule has 4 nitrogen and oxygen atoms in total. The third-order valence-electron chi connectivity index (χ3n) is 4.26. The van der Waals surface area contributed by atoms with Crippen molar-refractivity contribution in [3.8, 4) is 5.75 Å². The largest absolute Gasteiger partial charge is 0.497 e. The Kier molecular flexibility index (Phi) is 3.63. The van der Waals surface area contributed by atoms with Crippen LogP contribution in [-0.2, 0) is 17.6 Å². The molecule has 1 heterocycles. The number of nitrogens with one attached hydrogen (secondary N) is 2. The van der Waals surface area contributed by atoms with Crippen LogP contribution in [-0.4, -0.2) is 23.5 Å². The van der Waals surface area contributed by atoms with E-state index in [1.807, 2.05) is 26.8 Å². The molecule has 1 atom stereocenters. The van der Waals surface area contributed by atoms with E-state index in [2.05, 4.69) is 22.4 Å². The minimum absolute atomic E-state index is 0.0527. The van der Waals surface area contributed by atoms with Crippen LogP contribution in [0.15, 0.2) is 18.2 Å². The summed E-state index contributed by atoms with van der Waals surface area (Å²) in [4.78, 5) is 15.9. The van der Waals surface area contributed by atoms with Crippen molar-refractivity contribution in [2.24, 2.45) is 5.92 Å². The molecule has 2 aromatic rings. The number of benzene rings is 1. The van der Waals surface area contributed by atoms with Crippen LogP contribution in [0.4, 0.5) is 0 Å². The maximum Gasteiger partial charge on any atom is 0.223 e. The van der Waals surface area contributed by atoms with Gasteiger partial charge in [0.25, 0.3) is 0 Å². The number of aryl methyl sites for hydroxylation is 1. The second-order valence-corrected chi connectivity index (χ2v) is 7.17. The summed E-state index contributed by atoms with van der Waals surface area (Å²) < 4.78 is 5.33. The molecule has 1 aliphatic carbocycles. The van der Waals surface area contributed by atoms with Crippen LogP contribution >= 0.6 is 0 Å². The van der Waals surface area contributed by atoms with E-state index in [1.165, 1.54) is 16.6 Å². The van der Waals surface area contributed by atoms with Gasteiger partial charge in [-0.05, 0) is 63.8 Å². The zero-order valence-corrected chi connectivity index (χ0v) is 13.7. The zero-order chi connectivity index (χ0) is 15.9. The van der Waals surface area contributed by atoms with Crippen LogP contribution in [0.1, 0.15) is 38.4 Å². The third-order valence-corrected chi connectivity index (χ3v) is 4.26. The summed E-state index contributed by atoms with van der Waals surface area (Å²) in [6, 6.07) is 6.08. The van der Waals surface area contributed by atoms with Gasteiger partial charge in [-0.25, -0.2) is 0 Å². The Labute approximate surface area is 131 Å². The highest BCUT2D eigenvalue weighted by Crippen LogP contribution is 2.33. The summed E-state index contributed by atoms with van der Waals surface area (Å²) in [5.74, 6) is 1.07. The summed E-state index contributed by atoms with van der Waals surface area (Å²) >= 11 is 0. The van der Waals surface area contributed by atoms with E-state index >= 15 is 0 Å². The third kappa shape index (κ3) is 2.82. The Morgan fingerprint density at radius 1 is 1.36 bits per heavy atom. The SMILES string of the molecule is COc1ccc2[nH]c3c(c2c1)CC(C(=O)NC(C)(C)C)CC3. The molecular formula is C18H24N2O2. The topological polar surface area (TPSA) is 54.1 Å². The standard InChI is InChI=1S/C18H24N2O2/c1-18(2,3)20-17(21)11-5-7-15-13(9-11)14-10-12(22-4)6-8-16(14)19-15/h6,8,10-11,19H,5,7,9H2,1-4H3,(H,20,21). The number of carbonyl (C=O) groups excluding carboxylic acids is 1. The number of hydrogen-bond acceptors (Lipinski definition) is 2. The predicted octanol–water partition coefficient (Wildman–Crippen LogP) is 3.20. The van der Waals surface area contributed by atoms with Gasteiger partial charge in [0, 0.05) is 28.1 Å². The quantitative estimate of drug-likeness (QED) is 0.895. The normalized spacial score (nSPS) is 18.1. The Morgan fingerprint density at radius 3 is 2.82 bits per heavy atom. The fraction of sp³-hybridized carbons (Fsp3) is 0.500. The van der Waals surface area contributed by atoms with Crippen molar-refractivity contribution in [2.45, 2.75) is 45.6 Å². The van der Waals surface area contributed by atoms with Crippen molar-refractivity contribution in [2.75, 3.05) is 7.11 Å². The number of H-pyrrole nitrogens is 1. The number of methoxy groups -OCH3 is 1. The average molecular weight is 300 g/mol. The molecule has 0 radical (unpaired) electrons. The maximum atomic E-state index is 12.5. The molecule has 0 spiro atoms. The van der Waals surface area contributed by atoms with Gasteiger partial charge in [-0.15, -0.1) is 0 Å². The molecule has 1 amide bonds. The van der Waals surface area contributed by atoms with Crippen molar-refractivity contribution in [3.63, 3.8) is 0 Å². The highest BCUT2D eigenvalue weighted by Gasteiger charge is 2.29. The maximum absolute atomic E-state index is 12.5. The van der Waals surface area contributed by atoms with Gasteiger partial charge in [0.05, 0.1) is 7.11 Å². The predicted molar refractivity (Wildman–Crippen MR) is 88.3 cm³/mol. The molecule has 0 saturated heterocycles. The van der Waals surface area contributed by atoms with Crippen molar-refractivity contribution in [1.82, 2.24) is 10.3 Å². The van der Waals surface area contributed by atoms with Crippen molar-refractivity contribution in [1.29, 1.82) is 0 Å². The van der Waals surface area contributed by atoms with Crippen LogP contribution in [0.25, 0.3) is 10.9 Å². The molecule has 4 heteroatoms. The fourth-order valence-electron chi connectivity index (χ4n) is 3.22. The van der Waals surface area contributed by atoms with Crippen LogP contribution < -0.4 is 10.1 Å². The first-order chi connectivity index (χ1) is 10.4. The molecule has 1 aromatic carbocycles. The zero-order valence-electron chi connectivity index (χ0n) is 13.7. The van der Waals surface area contributed by atoms with E-state index in [0.717, 1.165) is 30.5 Å². The molecular weight excluding hydrogens is 276 g/mol. The Bertz CT molecular complexity index is 710. The molecule has 1 aliphatic rings. The molecule has 0 aliphatic heterocycles. The number of carbonyl (C=O) groups is 1. The van der Waals surface area contributed by atoms with Gasteiger partial charge in [0.2, 0.25) is 5.91 Å². The monoisotopic (exact) mass is 300 g/mol. The highest BCUT2D eigenvalue weighted by atomic mass is 16.5. The van der Waals surface area contributed by atoms with Crippen molar-refractivity contribution < 1.29 is 9.53 Å². The van der Waals surface area contributed by atoms with E-state index in [9.17, 15) is 4.79 Å². The van der Waals surface area contributed by atoms with Crippen LogP contribution in [0.5, 0.6) is 5.75 Å². The average Bonchev–Trinajstić information content (AvgIpc) is 2.82. The van der Waals surface area contributed by atoms with Crippen LogP contribution in [0, 0.1) is 5.92 Å². The van der Waals surface area contributed by atoms with Crippen LogP contribution in [0.3, 0.4) is 0 Å². The Balaban J connectivity index is 1.89. The van der Waals surface area contributed by atoms with E-state index in [1.54, 1.807) is 7.11 Å². The summed E-state index contributed by atoms with van der Waals surface area (Å²) in [6.45, 7) is 6.07. The summed E-state index contributed by atoms with van der Waals surface area (Å²) in [5.41, 5.74) is 3.49. The smallest absolute Gasteiger partial charge is 0.223 e. The second kappa shape index (κ2) is 5.34. The molecule has 0 fully saturated rings. The Hall–Kier alpha value is -1.97. The lowest BCUT2D eigenvalue weighted by Gasteiger charge is -2.27. The van der Waals surface area contributed by atoms with Gasteiger partial charge in [0.1, 0.15) is 5.75 Å². The van der Waals surface area contributed by atoms with Crippen molar-refractivity contribution >= 4 is 16.8 Å².